The van der Waals surface area contributed by atoms with Crippen molar-refractivity contribution in [2.75, 3.05) is 14.2 Å². The number of halogens is 1. The zero-order valence-corrected chi connectivity index (χ0v) is 10.3. The van der Waals surface area contributed by atoms with Crippen LogP contribution in [0.3, 0.4) is 0 Å². The van der Waals surface area contributed by atoms with E-state index in [0.717, 1.165) is 23.5 Å². The monoisotopic (exact) mass is 258 g/mol. The Morgan fingerprint density at radius 3 is 2.50 bits per heavy atom. The molecule has 0 fully saturated rings. The highest BCUT2D eigenvalue weighted by molar-refractivity contribution is 9.09. The predicted molar refractivity (Wildman–Crippen MR) is 61.5 cm³/mol. The van der Waals surface area contributed by atoms with E-state index in [2.05, 4.69) is 22.9 Å². The van der Waals surface area contributed by atoms with E-state index >= 15 is 0 Å². The van der Waals surface area contributed by atoms with Gasteiger partial charge in [-0.15, -0.1) is 0 Å². The second kappa shape index (κ2) is 5.25. The highest BCUT2D eigenvalue weighted by atomic mass is 79.9. The van der Waals surface area contributed by atoms with E-state index in [0.29, 0.717) is 4.83 Å². The highest BCUT2D eigenvalue weighted by Gasteiger charge is 2.11. The number of hydrogen-bond donors (Lipinski definition) is 0. The lowest BCUT2D eigenvalue weighted by atomic mass is 10.1. The number of rotatable bonds is 4. The van der Waals surface area contributed by atoms with Gasteiger partial charge in [-0.2, -0.15) is 0 Å². The van der Waals surface area contributed by atoms with E-state index in [1.807, 2.05) is 18.2 Å². The summed E-state index contributed by atoms with van der Waals surface area (Å²) in [6.45, 7) is 2.12. The Kier molecular flexibility index (Phi) is 4.26. The molecule has 1 rings (SSSR count). The van der Waals surface area contributed by atoms with Gasteiger partial charge in [-0.05, 0) is 24.6 Å². The van der Waals surface area contributed by atoms with Crippen molar-refractivity contribution < 1.29 is 9.47 Å². The Hall–Kier alpha value is -0.700. The molecule has 0 aromatic heterocycles. The fourth-order valence-corrected chi connectivity index (χ4v) is 1.66. The molecule has 0 radical (unpaired) electrons. The van der Waals surface area contributed by atoms with Crippen molar-refractivity contribution in [2.45, 2.75) is 18.2 Å². The van der Waals surface area contributed by atoms with Crippen LogP contribution in [0.15, 0.2) is 18.2 Å². The number of alkyl halides is 1. The van der Waals surface area contributed by atoms with Crippen LogP contribution in [0.1, 0.15) is 23.7 Å². The van der Waals surface area contributed by atoms with Gasteiger partial charge in [-0.1, -0.05) is 22.9 Å². The second-order valence-corrected chi connectivity index (χ2v) is 4.09. The lowest BCUT2D eigenvalue weighted by Gasteiger charge is -2.13. The first-order chi connectivity index (χ1) is 6.72. The van der Waals surface area contributed by atoms with Crippen LogP contribution in [0.25, 0.3) is 0 Å². The SMILES string of the molecule is CCC(Br)c1cc(OC)ccc1OC. The third-order valence-electron chi connectivity index (χ3n) is 2.13. The molecule has 0 aliphatic rings. The van der Waals surface area contributed by atoms with Gasteiger partial charge in [0.2, 0.25) is 0 Å². The van der Waals surface area contributed by atoms with Gasteiger partial charge < -0.3 is 9.47 Å². The third kappa shape index (κ3) is 2.41. The summed E-state index contributed by atoms with van der Waals surface area (Å²) < 4.78 is 10.5. The molecule has 1 aromatic rings. The maximum Gasteiger partial charge on any atom is 0.123 e. The first-order valence-corrected chi connectivity index (χ1v) is 5.50. The molecule has 0 aliphatic carbocycles. The van der Waals surface area contributed by atoms with E-state index < -0.39 is 0 Å². The van der Waals surface area contributed by atoms with Crippen molar-refractivity contribution >= 4 is 15.9 Å². The molecule has 1 unspecified atom stereocenters. The topological polar surface area (TPSA) is 18.5 Å². The normalized spacial score (nSPS) is 12.3. The summed E-state index contributed by atoms with van der Waals surface area (Å²) in [5.74, 6) is 1.76. The molecule has 0 heterocycles. The Bertz CT molecular complexity index is 299. The molecule has 2 nitrogen and oxygen atoms in total. The summed E-state index contributed by atoms with van der Waals surface area (Å²) in [4.78, 5) is 0.313. The van der Waals surface area contributed by atoms with Crippen molar-refractivity contribution in [2.24, 2.45) is 0 Å². The molecule has 0 bridgehead atoms. The molecule has 0 amide bonds. The Balaban J connectivity index is 3.08. The predicted octanol–water partition coefficient (Wildman–Crippen LogP) is 3.55. The average molecular weight is 259 g/mol. The fourth-order valence-electron chi connectivity index (χ4n) is 1.30. The van der Waals surface area contributed by atoms with Crippen molar-refractivity contribution in [3.8, 4) is 11.5 Å². The summed E-state index contributed by atoms with van der Waals surface area (Å²) in [6.07, 6.45) is 1.02. The minimum atomic E-state index is 0.313. The van der Waals surface area contributed by atoms with E-state index in [9.17, 15) is 0 Å². The highest BCUT2D eigenvalue weighted by Crippen LogP contribution is 2.35. The van der Waals surface area contributed by atoms with Crippen LogP contribution in [0.2, 0.25) is 0 Å². The second-order valence-electron chi connectivity index (χ2n) is 2.98. The number of methoxy groups -OCH3 is 2. The maximum atomic E-state index is 5.28. The van der Waals surface area contributed by atoms with Crippen LogP contribution < -0.4 is 9.47 Å². The minimum Gasteiger partial charge on any atom is -0.497 e. The molecule has 0 spiro atoms. The summed E-state index contributed by atoms with van der Waals surface area (Å²) in [6, 6.07) is 5.83. The summed E-state index contributed by atoms with van der Waals surface area (Å²) in [5, 5.41) is 0. The van der Waals surface area contributed by atoms with Crippen LogP contribution in [-0.4, -0.2) is 14.2 Å². The standard InChI is InChI=1S/C11H15BrO2/c1-4-10(12)9-7-8(13-2)5-6-11(9)14-3/h5-7,10H,4H2,1-3H3. The Labute approximate surface area is 93.4 Å². The molecule has 0 aliphatic heterocycles. The summed E-state index contributed by atoms with van der Waals surface area (Å²) in [7, 11) is 3.35. The van der Waals surface area contributed by atoms with Crippen molar-refractivity contribution in [1.82, 2.24) is 0 Å². The van der Waals surface area contributed by atoms with Gasteiger partial charge in [0.25, 0.3) is 0 Å². The van der Waals surface area contributed by atoms with E-state index in [4.69, 9.17) is 9.47 Å². The molecule has 0 saturated carbocycles. The van der Waals surface area contributed by atoms with Gasteiger partial charge in [-0.25, -0.2) is 0 Å². The van der Waals surface area contributed by atoms with Gasteiger partial charge >= 0.3 is 0 Å². The average Bonchev–Trinajstić information content (AvgIpc) is 2.27. The molecule has 0 N–H and O–H groups in total. The van der Waals surface area contributed by atoms with Crippen LogP contribution in [0.5, 0.6) is 11.5 Å². The van der Waals surface area contributed by atoms with Gasteiger partial charge in [0.1, 0.15) is 11.5 Å². The zero-order chi connectivity index (χ0) is 10.6. The number of benzene rings is 1. The lowest BCUT2D eigenvalue weighted by Crippen LogP contribution is -1.95. The van der Waals surface area contributed by atoms with Gasteiger partial charge in [-0.3, -0.25) is 0 Å². The molecule has 3 heteroatoms. The lowest BCUT2D eigenvalue weighted by molar-refractivity contribution is 0.398. The first kappa shape index (κ1) is 11.4. The van der Waals surface area contributed by atoms with Crippen LogP contribution in [0.4, 0.5) is 0 Å². The largest absolute Gasteiger partial charge is 0.497 e. The van der Waals surface area contributed by atoms with Gasteiger partial charge in [0.05, 0.1) is 14.2 Å². The van der Waals surface area contributed by atoms with Crippen LogP contribution in [-0.2, 0) is 0 Å². The van der Waals surface area contributed by atoms with E-state index in [1.165, 1.54) is 0 Å². The minimum absolute atomic E-state index is 0.313. The van der Waals surface area contributed by atoms with Gasteiger partial charge in [0.15, 0.2) is 0 Å². The summed E-state index contributed by atoms with van der Waals surface area (Å²) >= 11 is 3.60. The van der Waals surface area contributed by atoms with Gasteiger partial charge in [0, 0.05) is 10.4 Å². The molecule has 0 saturated heterocycles. The molecule has 14 heavy (non-hydrogen) atoms. The fraction of sp³-hybridized carbons (Fsp3) is 0.455. The molecule has 1 aromatic carbocycles. The van der Waals surface area contributed by atoms with E-state index in [1.54, 1.807) is 14.2 Å². The smallest absolute Gasteiger partial charge is 0.123 e. The number of ether oxygens (including phenoxy) is 2. The van der Waals surface area contributed by atoms with Crippen LogP contribution in [0, 0.1) is 0 Å². The van der Waals surface area contributed by atoms with Crippen molar-refractivity contribution in [3.05, 3.63) is 23.8 Å². The molecule has 78 valence electrons. The maximum absolute atomic E-state index is 5.28. The van der Waals surface area contributed by atoms with Crippen molar-refractivity contribution in [3.63, 3.8) is 0 Å². The molecule has 1 atom stereocenters. The molecular weight excluding hydrogens is 244 g/mol. The third-order valence-corrected chi connectivity index (χ3v) is 3.27. The quantitative estimate of drug-likeness (QED) is 0.770. The van der Waals surface area contributed by atoms with E-state index in [-0.39, 0.29) is 0 Å². The first-order valence-electron chi connectivity index (χ1n) is 4.59. The Morgan fingerprint density at radius 1 is 1.29 bits per heavy atom. The number of hydrogen-bond acceptors (Lipinski definition) is 2. The molecular formula is C11H15BrO2. The van der Waals surface area contributed by atoms with Crippen molar-refractivity contribution in [1.29, 1.82) is 0 Å². The Morgan fingerprint density at radius 2 is 2.00 bits per heavy atom. The summed E-state index contributed by atoms with van der Waals surface area (Å²) in [5.41, 5.74) is 1.13. The zero-order valence-electron chi connectivity index (χ0n) is 8.71. The van der Waals surface area contributed by atoms with Crippen LogP contribution >= 0.6 is 15.9 Å².